The predicted molar refractivity (Wildman–Crippen MR) is 93.8 cm³/mol. The summed E-state index contributed by atoms with van der Waals surface area (Å²) >= 11 is 0. The van der Waals surface area contributed by atoms with Crippen molar-refractivity contribution in [3.63, 3.8) is 0 Å². The maximum Gasteiger partial charge on any atom is 0.244 e. The van der Waals surface area contributed by atoms with Gasteiger partial charge in [-0.1, -0.05) is 42.5 Å². The largest absolute Gasteiger partial charge is 0.489 e. The topological polar surface area (TPSA) is 69.0 Å². The van der Waals surface area contributed by atoms with Crippen LogP contribution >= 0.6 is 0 Å². The van der Waals surface area contributed by atoms with Gasteiger partial charge in [0.05, 0.1) is 0 Å². The van der Waals surface area contributed by atoms with E-state index in [-0.39, 0.29) is 5.91 Å². The minimum Gasteiger partial charge on any atom is -0.489 e. The number of nitrogens with one attached hydrogen (secondary N) is 1. The summed E-state index contributed by atoms with van der Waals surface area (Å²) in [7, 11) is 0. The first-order chi connectivity index (χ1) is 12.2. The summed E-state index contributed by atoms with van der Waals surface area (Å²) in [6, 6.07) is 17.3. The van der Waals surface area contributed by atoms with Crippen molar-refractivity contribution in [3.8, 4) is 5.75 Å². The van der Waals surface area contributed by atoms with E-state index in [2.05, 4.69) is 15.4 Å². The van der Waals surface area contributed by atoms with E-state index in [9.17, 15) is 4.79 Å². The lowest BCUT2D eigenvalue weighted by atomic mass is 10.2. The standard InChI is InChI=1S/C19H20N4O2/c1-15(23-14-20-13-22-23)19(24)21-11-17-8-5-9-18(10-17)25-12-16-6-3-2-4-7-16/h2-10,13-15H,11-12H2,1H3,(H,21,24). The highest BCUT2D eigenvalue weighted by atomic mass is 16.5. The van der Waals surface area contributed by atoms with Crippen molar-refractivity contribution in [2.24, 2.45) is 0 Å². The molecule has 1 aromatic heterocycles. The van der Waals surface area contributed by atoms with E-state index >= 15 is 0 Å². The van der Waals surface area contributed by atoms with Gasteiger partial charge in [0.2, 0.25) is 5.91 Å². The lowest BCUT2D eigenvalue weighted by Crippen LogP contribution is -2.30. The zero-order chi connectivity index (χ0) is 17.5. The zero-order valence-electron chi connectivity index (χ0n) is 14.0. The highest BCUT2D eigenvalue weighted by molar-refractivity contribution is 5.79. The molecular weight excluding hydrogens is 316 g/mol. The van der Waals surface area contributed by atoms with Crippen molar-refractivity contribution in [2.45, 2.75) is 26.1 Å². The Labute approximate surface area is 146 Å². The molecule has 0 saturated carbocycles. The average molecular weight is 336 g/mol. The summed E-state index contributed by atoms with van der Waals surface area (Å²) in [5, 5.41) is 6.89. The Morgan fingerprint density at radius 2 is 1.96 bits per heavy atom. The van der Waals surface area contributed by atoms with Crippen LogP contribution < -0.4 is 10.1 Å². The molecule has 1 N–H and O–H groups in total. The van der Waals surface area contributed by atoms with Crippen molar-refractivity contribution in [2.75, 3.05) is 0 Å². The average Bonchev–Trinajstić information content (AvgIpc) is 3.20. The summed E-state index contributed by atoms with van der Waals surface area (Å²) in [6.07, 6.45) is 2.94. The molecule has 3 aromatic rings. The van der Waals surface area contributed by atoms with Crippen LogP contribution in [0.25, 0.3) is 0 Å². The summed E-state index contributed by atoms with van der Waals surface area (Å²) in [5.41, 5.74) is 2.09. The molecule has 0 aliphatic carbocycles. The number of amides is 1. The Hall–Kier alpha value is -3.15. The fourth-order valence-electron chi connectivity index (χ4n) is 2.36. The Morgan fingerprint density at radius 1 is 1.16 bits per heavy atom. The van der Waals surface area contributed by atoms with Crippen molar-refractivity contribution in [1.29, 1.82) is 0 Å². The fourth-order valence-corrected chi connectivity index (χ4v) is 2.36. The lowest BCUT2D eigenvalue weighted by molar-refractivity contribution is -0.124. The second kappa shape index (κ2) is 8.10. The summed E-state index contributed by atoms with van der Waals surface area (Å²) in [4.78, 5) is 16.0. The van der Waals surface area contributed by atoms with Gasteiger partial charge in [0.1, 0.15) is 31.1 Å². The number of benzene rings is 2. The van der Waals surface area contributed by atoms with Crippen LogP contribution in [0.2, 0.25) is 0 Å². The molecule has 1 heterocycles. The number of hydrogen-bond donors (Lipinski definition) is 1. The maximum absolute atomic E-state index is 12.2. The fraction of sp³-hybridized carbons (Fsp3) is 0.211. The Morgan fingerprint density at radius 3 is 2.72 bits per heavy atom. The lowest BCUT2D eigenvalue weighted by Gasteiger charge is -2.13. The van der Waals surface area contributed by atoms with Crippen molar-refractivity contribution in [3.05, 3.63) is 78.4 Å². The second-order valence-corrected chi connectivity index (χ2v) is 5.69. The number of carbonyl (C=O) groups is 1. The quantitative estimate of drug-likeness (QED) is 0.720. The monoisotopic (exact) mass is 336 g/mol. The van der Waals surface area contributed by atoms with E-state index in [0.29, 0.717) is 13.2 Å². The summed E-state index contributed by atoms with van der Waals surface area (Å²) in [6.45, 7) is 2.73. The van der Waals surface area contributed by atoms with Crippen LogP contribution in [0, 0.1) is 0 Å². The van der Waals surface area contributed by atoms with Gasteiger partial charge in [-0.05, 0) is 30.2 Å². The number of rotatable bonds is 7. The molecule has 6 heteroatoms. The van der Waals surface area contributed by atoms with E-state index in [1.54, 1.807) is 6.92 Å². The van der Waals surface area contributed by atoms with E-state index in [4.69, 9.17) is 4.74 Å². The molecule has 0 radical (unpaired) electrons. The SMILES string of the molecule is CC(C(=O)NCc1cccc(OCc2ccccc2)c1)n1cncn1. The van der Waals surface area contributed by atoms with E-state index < -0.39 is 6.04 Å². The minimum absolute atomic E-state index is 0.110. The molecule has 6 nitrogen and oxygen atoms in total. The molecule has 0 aliphatic rings. The molecule has 0 fully saturated rings. The molecule has 0 saturated heterocycles. The highest BCUT2D eigenvalue weighted by Crippen LogP contribution is 2.15. The van der Waals surface area contributed by atoms with E-state index in [1.807, 2.05) is 54.6 Å². The third-order valence-electron chi connectivity index (χ3n) is 3.83. The van der Waals surface area contributed by atoms with Crippen LogP contribution in [0.3, 0.4) is 0 Å². The molecule has 1 amide bonds. The number of nitrogens with zero attached hydrogens (tertiary/aromatic N) is 3. The molecule has 25 heavy (non-hydrogen) atoms. The van der Waals surface area contributed by atoms with Gasteiger partial charge in [0.25, 0.3) is 0 Å². The first-order valence-corrected chi connectivity index (χ1v) is 8.10. The molecule has 0 aliphatic heterocycles. The smallest absolute Gasteiger partial charge is 0.244 e. The molecule has 0 bridgehead atoms. The van der Waals surface area contributed by atoms with Gasteiger partial charge in [-0.25, -0.2) is 9.67 Å². The van der Waals surface area contributed by atoms with Crippen LogP contribution in [0.5, 0.6) is 5.75 Å². The van der Waals surface area contributed by atoms with Crippen LogP contribution in [0.15, 0.2) is 67.3 Å². The zero-order valence-corrected chi connectivity index (χ0v) is 14.0. The number of ether oxygens (including phenoxy) is 1. The predicted octanol–water partition coefficient (Wildman–Crippen LogP) is 2.73. The van der Waals surface area contributed by atoms with E-state index in [0.717, 1.165) is 16.9 Å². The first-order valence-electron chi connectivity index (χ1n) is 8.10. The molecular formula is C19H20N4O2. The van der Waals surface area contributed by atoms with Gasteiger partial charge >= 0.3 is 0 Å². The Balaban J connectivity index is 1.54. The second-order valence-electron chi connectivity index (χ2n) is 5.69. The normalized spacial score (nSPS) is 11.7. The third-order valence-corrected chi connectivity index (χ3v) is 3.83. The molecule has 128 valence electrons. The van der Waals surface area contributed by atoms with Gasteiger partial charge in [0.15, 0.2) is 0 Å². The number of aromatic nitrogens is 3. The van der Waals surface area contributed by atoms with Crippen LogP contribution in [-0.2, 0) is 17.9 Å². The first kappa shape index (κ1) is 16.7. The minimum atomic E-state index is -0.403. The molecule has 3 rings (SSSR count). The summed E-state index contributed by atoms with van der Waals surface area (Å²) < 4.78 is 7.33. The van der Waals surface area contributed by atoms with Gasteiger partial charge in [-0.2, -0.15) is 5.10 Å². The van der Waals surface area contributed by atoms with Crippen molar-refractivity contribution >= 4 is 5.91 Å². The van der Waals surface area contributed by atoms with Crippen molar-refractivity contribution in [1.82, 2.24) is 20.1 Å². The van der Waals surface area contributed by atoms with Gasteiger partial charge in [0, 0.05) is 6.54 Å². The Kier molecular flexibility index (Phi) is 5.41. The Bertz CT molecular complexity index is 803. The molecule has 1 unspecified atom stereocenters. The van der Waals surface area contributed by atoms with Crippen LogP contribution in [0.1, 0.15) is 24.1 Å². The van der Waals surface area contributed by atoms with E-state index in [1.165, 1.54) is 17.3 Å². The molecule has 0 spiro atoms. The maximum atomic E-state index is 12.2. The van der Waals surface area contributed by atoms with Crippen molar-refractivity contribution < 1.29 is 9.53 Å². The van der Waals surface area contributed by atoms with Gasteiger partial charge in [-0.3, -0.25) is 4.79 Å². The summed E-state index contributed by atoms with van der Waals surface area (Å²) in [5.74, 6) is 0.668. The van der Waals surface area contributed by atoms with Crippen LogP contribution in [0.4, 0.5) is 0 Å². The van der Waals surface area contributed by atoms with Gasteiger partial charge < -0.3 is 10.1 Å². The van der Waals surface area contributed by atoms with Crippen LogP contribution in [-0.4, -0.2) is 20.7 Å². The highest BCUT2D eigenvalue weighted by Gasteiger charge is 2.14. The molecule has 1 atom stereocenters. The third kappa shape index (κ3) is 4.67. The number of carbonyl (C=O) groups excluding carboxylic acids is 1. The molecule has 2 aromatic carbocycles. The van der Waals surface area contributed by atoms with Gasteiger partial charge in [-0.15, -0.1) is 0 Å². The number of hydrogen-bond acceptors (Lipinski definition) is 4.